The van der Waals surface area contributed by atoms with Crippen LogP contribution in [-0.4, -0.2) is 31.8 Å². The summed E-state index contributed by atoms with van der Waals surface area (Å²) in [5, 5.41) is 2.95. The van der Waals surface area contributed by atoms with Crippen LogP contribution in [0.5, 0.6) is 17.2 Å². The van der Waals surface area contributed by atoms with E-state index < -0.39 is 0 Å². The Balaban J connectivity index is 1.29. The van der Waals surface area contributed by atoms with Crippen LogP contribution in [0, 0.1) is 0 Å². The van der Waals surface area contributed by atoms with E-state index in [1.807, 2.05) is 36.4 Å². The molecule has 0 saturated heterocycles. The Morgan fingerprint density at radius 2 is 1.96 bits per heavy atom. The molecule has 2 heterocycles. The van der Waals surface area contributed by atoms with Crippen LogP contribution < -0.4 is 19.5 Å². The molecule has 0 radical (unpaired) electrons. The van der Waals surface area contributed by atoms with Gasteiger partial charge in [0.1, 0.15) is 18.5 Å². The first-order valence-electron chi connectivity index (χ1n) is 8.22. The van der Waals surface area contributed by atoms with E-state index >= 15 is 0 Å². The predicted molar refractivity (Wildman–Crippen MR) is 88.9 cm³/mol. The third kappa shape index (κ3) is 3.02. The van der Waals surface area contributed by atoms with Crippen molar-refractivity contribution in [2.75, 3.05) is 19.8 Å². The van der Waals surface area contributed by atoms with Gasteiger partial charge in [-0.1, -0.05) is 12.1 Å². The molecule has 24 heavy (non-hydrogen) atoms. The summed E-state index contributed by atoms with van der Waals surface area (Å²) in [6.45, 7) is 1.74. The van der Waals surface area contributed by atoms with Crippen molar-refractivity contribution in [2.24, 2.45) is 0 Å². The lowest BCUT2D eigenvalue weighted by molar-refractivity contribution is 0.0813. The van der Waals surface area contributed by atoms with Gasteiger partial charge in [-0.15, -0.1) is 0 Å². The number of amides is 1. The van der Waals surface area contributed by atoms with Crippen LogP contribution in [0.25, 0.3) is 0 Å². The van der Waals surface area contributed by atoms with E-state index in [0.29, 0.717) is 31.7 Å². The minimum atomic E-state index is -0.0678. The van der Waals surface area contributed by atoms with Gasteiger partial charge in [0, 0.05) is 24.9 Å². The van der Waals surface area contributed by atoms with E-state index in [4.69, 9.17) is 14.2 Å². The summed E-state index contributed by atoms with van der Waals surface area (Å²) >= 11 is 0. The number of fused-ring (bicyclic) bond motifs is 2. The summed E-state index contributed by atoms with van der Waals surface area (Å²) in [7, 11) is 0. The molecule has 1 amide bonds. The van der Waals surface area contributed by atoms with E-state index in [-0.39, 0.29) is 12.0 Å². The fourth-order valence-corrected chi connectivity index (χ4v) is 2.98. The third-order valence-electron chi connectivity index (χ3n) is 4.27. The highest BCUT2D eigenvalue weighted by Gasteiger charge is 2.21. The molecule has 0 unspecified atom stereocenters. The minimum Gasteiger partial charge on any atom is -0.493 e. The molecule has 5 nitrogen and oxygen atoms in total. The maximum Gasteiger partial charge on any atom is 0.251 e. The predicted octanol–water partition coefficient (Wildman–Crippen LogP) is 2.58. The third-order valence-corrected chi connectivity index (χ3v) is 4.27. The zero-order valence-corrected chi connectivity index (χ0v) is 13.3. The molecule has 2 aromatic carbocycles. The summed E-state index contributed by atoms with van der Waals surface area (Å²) in [6.07, 6.45) is 1.52. The van der Waals surface area contributed by atoms with Gasteiger partial charge in [-0.3, -0.25) is 4.79 Å². The maximum atomic E-state index is 12.3. The number of hydrogen-bond acceptors (Lipinski definition) is 4. The number of benzene rings is 2. The van der Waals surface area contributed by atoms with Crippen molar-refractivity contribution in [1.29, 1.82) is 0 Å². The van der Waals surface area contributed by atoms with Gasteiger partial charge in [-0.2, -0.15) is 0 Å². The largest absolute Gasteiger partial charge is 0.493 e. The standard InChI is InChI=1S/C19H19NO4/c21-19(14-5-6-16-13(11-14)8-10-22-16)20-9-7-15-12-23-17-3-1-2-4-18(17)24-15/h1-6,11,15H,7-10,12H2,(H,20,21)/t15-/m0/s1. The summed E-state index contributed by atoms with van der Waals surface area (Å²) in [4.78, 5) is 12.3. The van der Waals surface area contributed by atoms with Crippen LogP contribution in [-0.2, 0) is 6.42 Å². The van der Waals surface area contributed by atoms with Gasteiger partial charge < -0.3 is 19.5 Å². The van der Waals surface area contributed by atoms with E-state index in [0.717, 1.165) is 29.2 Å². The SMILES string of the molecule is O=C(NCC[C@H]1COc2ccccc2O1)c1ccc2c(c1)CCO2. The molecule has 0 aromatic heterocycles. The normalized spacial score (nSPS) is 17.8. The molecule has 5 heteroatoms. The second-order valence-corrected chi connectivity index (χ2v) is 5.96. The molecule has 0 aliphatic carbocycles. The highest BCUT2D eigenvalue weighted by molar-refractivity contribution is 5.94. The van der Waals surface area contributed by atoms with Crippen molar-refractivity contribution in [1.82, 2.24) is 5.32 Å². The minimum absolute atomic E-state index is 0.0476. The van der Waals surface area contributed by atoms with Crippen LogP contribution in [0.2, 0.25) is 0 Å². The van der Waals surface area contributed by atoms with Crippen LogP contribution >= 0.6 is 0 Å². The Kier molecular flexibility index (Phi) is 3.99. The van der Waals surface area contributed by atoms with Crippen molar-refractivity contribution in [3.63, 3.8) is 0 Å². The molecule has 1 N–H and O–H groups in total. The van der Waals surface area contributed by atoms with Gasteiger partial charge in [0.05, 0.1) is 6.61 Å². The first-order valence-corrected chi connectivity index (χ1v) is 8.22. The summed E-state index contributed by atoms with van der Waals surface area (Å²) < 4.78 is 17.0. The average Bonchev–Trinajstić information content (AvgIpc) is 3.09. The zero-order chi connectivity index (χ0) is 16.4. The number of ether oxygens (including phenoxy) is 3. The van der Waals surface area contributed by atoms with Crippen LogP contribution in [0.3, 0.4) is 0 Å². The fraction of sp³-hybridized carbons (Fsp3) is 0.316. The molecule has 0 saturated carbocycles. The molecule has 2 aliphatic rings. The molecule has 0 fully saturated rings. The van der Waals surface area contributed by atoms with Gasteiger partial charge >= 0.3 is 0 Å². The summed E-state index contributed by atoms with van der Waals surface area (Å²) in [6, 6.07) is 13.2. The number of carbonyl (C=O) groups is 1. The Morgan fingerprint density at radius 1 is 1.08 bits per heavy atom. The highest BCUT2D eigenvalue weighted by atomic mass is 16.6. The zero-order valence-electron chi connectivity index (χ0n) is 13.3. The first kappa shape index (κ1) is 14.9. The second kappa shape index (κ2) is 6.43. The Hall–Kier alpha value is -2.69. The number of hydrogen-bond donors (Lipinski definition) is 1. The molecule has 4 rings (SSSR count). The van der Waals surface area contributed by atoms with Crippen LogP contribution in [0.15, 0.2) is 42.5 Å². The monoisotopic (exact) mass is 325 g/mol. The van der Waals surface area contributed by atoms with E-state index in [1.165, 1.54) is 0 Å². The Bertz CT molecular complexity index is 759. The average molecular weight is 325 g/mol. The number of nitrogens with one attached hydrogen (secondary N) is 1. The fourth-order valence-electron chi connectivity index (χ4n) is 2.98. The van der Waals surface area contributed by atoms with Gasteiger partial charge in [-0.25, -0.2) is 0 Å². The molecule has 0 spiro atoms. The van der Waals surface area contributed by atoms with Crippen LogP contribution in [0.1, 0.15) is 22.3 Å². The molecular formula is C19H19NO4. The maximum absolute atomic E-state index is 12.3. The van der Waals surface area contributed by atoms with Crippen molar-refractivity contribution >= 4 is 5.91 Å². The van der Waals surface area contributed by atoms with E-state index in [1.54, 1.807) is 6.07 Å². The lowest BCUT2D eigenvalue weighted by atomic mass is 10.1. The number of para-hydroxylation sites is 2. The van der Waals surface area contributed by atoms with Gasteiger partial charge in [0.15, 0.2) is 11.5 Å². The second-order valence-electron chi connectivity index (χ2n) is 5.96. The highest BCUT2D eigenvalue weighted by Crippen LogP contribution is 2.31. The van der Waals surface area contributed by atoms with Gasteiger partial charge in [0.2, 0.25) is 0 Å². The summed E-state index contributed by atoms with van der Waals surface area (Å²) in [5.74, 6) is 2.36. The topological polar surface area (TPSA) is 56.8 Å². The van der Waals surface area contributed by atoms with Gasteiger partial charge in [0.25, 0.3) is 5.91 Å². The molecular weight excluding hydrogens is 306 g/mol. The lowest BCUT2D eigenvalue weighted by Crippen LogP contribution is -2.34. The van der Waals surface area contributed by atoms with Crippen molar-refractivity contribution in [3.8, 4) is 17.2 Å². The van der Waals surface area contributed by atoms with E-state index in [2.05, 4.69) is 5.32 Å². The van der Waals surface area contributed by atoms with Gasteiger partial charge in [-0.05, 0) is 35.9 Å². The van der Waals surface area contributed by atoms with E-state index in [9.17, 15) is 4.79 Å². The number of carbonyl (C=O) groups excluding carboxylic acids is 1. The number of rotatable bonds is 4. The van der Waals surface area contributed by atoms with Crippen molar-refractivity contribution in [2.45, 2.75) is 18.9 Å². The Labute approximate surface area is 140 Å². The molecule has 1 atom stereocenters. The molecule has 0 bridgehead atoms. The molecule has 2 aliphatic heterocycles. The molecule has 124 valence electrons. The quantitative estimate of drug-likeness (QED) is 0.939. The van der Waals surface area contributed by atoms with Crippen molar-refractivity contribution < 1.29 is 19.0 Å². The summed E-state index contributed by atoms with van der Waals surface area (Å²) in [5.41, 5.74) is 1.77. The lowest BCUT2D eigenvalue weighted by Gasteiger charge is -2.26. The Morgan fingerprint density at radius 3 is 2.88 bits per heavy atom. The first-order chi connectivity index (χ1) is 11.8. The molecule has 2 aromatic rings. The smallest absolute Gasteiger partial charge is 0.251 e. The van der Waals surface area contributed by atoms with Crippen molar-refractivity contribution in [3.05, 3.63) is 53.6 Å². The van der Waals surface area contributed by atoms with Crippen LogP contribution in [0.4, 0.5) is 0 Å².